The van der Waals surface area contributed by atoms with Gasteiger partial charge in [-0.1, -0.05) is 26.0 Å². The van der Waals surface area contributed by atoms with Gasteiger partial charge in [-0.25, -0.2) is 0 Å². The number of carbonyl (C=O) groups excluding carboxylic acids is 1. The van der Waals surface area contributed by atoms with Crippen LogP contribution in [0.3, 0.4) is 0 Å². The highest BCUT2D eigenvalue weighted by atomic mass is 16.4. The van der Waals surface area contributed by atoms with Crippen LogP contribution in [0.25, 0.3) is 11.5 Å². The van der Waals surface area contributed by atoms with E-state index in [9.17, 15) is 4.79 Å². The fourth-order valence-electron chi connectivity index (χ4n) is 2.54. The molecule has 0 saturated carbocycles. The van der Waals surface area contributed by atoms with Crippen molar-refractivity contribution in [3.63, 3.8) is 0 Å². The highest BCUT2D eigenvalue weighted by Crippen LogP contribution is 2.16. The zero-order chi connectivity index (χ0) is 17.8. The fourth-order valence-corrected chi connectivity index (χ4v) is 2.54. The van der Waals surface area contributed by atoms with E-state index in [4.69, 9.17) is 4.42 Å². The summed E-state index contributed by atoms with van der Waals surface area (Å²) in [5, 5.41) is 14.8. The van der Waals surface area contributed by atoms with Crippen LogP contribution in [-0.2, 0) is 13.1 Å². The molecular weight excluding hydrogens is 318 g/mol. The summed E-state index contributed by atoms with van der Waals surface area (Å²) in [5.41, 5.74) is 3.34. The van der Waals surface area contributed by atoms with E-state index in [-0.39, 0.29) is 5.91 Å². The zero-order valence-electron chi connectivity index (χ0n) is 14.6. The molecule has 7 heteroatoms. The van der Waals surface area contributed by atoms with Crippen LogP contribution in [0, 0.1) is 12.8 Å². The maximum Gasteiger partial charge on any atom is 0.255 e. The van der Waals surface area contributed by atoms with Crippen LogP contribution in [0.4, 0.5) is 0 Å². The molecule has 0 radical (unpaired) electrons. The van der Waals surface area contributed by atoms with E-state index in [0.717, 1.165) is 23.4 Å². The second-order valence-corrected chi connectivity index (χ2v) is 6.34. The first-order chi connectivity index (χ1) is 12.0. The Morgan fingerprint density at radius 3 is 2.68 bits per heavy atom. The summed E-state index contributed by atoms with van der Waals surface area (Å²) < 4.78 is 7.03. The van der Waals surface area contributed by atoms with Crippen molar-refractivity contribution in [3.05, 3.63) is 53.7 Å². The van der Waals surface area contributed by atoms with Gasteiger partial charge in [-0.2, -0.15) is 5.10 Å². The van der Waals surface area contributed by atoms with Gasteiger partial charge in [0, 0.05) is 24.3 Å². The van der Waals surface area contributed by atoms with Gasteiger partial charge < -0.3 is 9.73 Å². The largest absolute Gasteiger partial charge is 0.423 e. The van der Waals surface area contributed by atoms with E-state index in [2.05, 4.69) is 34.5 Å². The average molecular weight is 339 g/mol. The Morgan fingerprint density at radius 1 is 1.28 bits per heavy atom. The first-order valence-electron chi connectivity index (χ1n) is 8.20. The maximum atomic E-state index is 12.4. The lowest BCUT2D eigenvalue weighted by Gasteiger charge is -2.08. The molecule has 25 heavy (non-hydrogen) atoms. The molecule has 3 aromatic rings. The van der Waals surface area contributed by atoms with Crippen LogP contribution >= 0.6 is 0 Å². The van der Waals surface area contributed by atoms with Gasteiger partial charge in [-0.3, -0.25) is 9.48 Å². The van der Waals surface area contributed by atoms with Crippen molar-refractivity contribution < 1.29 is 9.21 Å². The quantitative estimate of drug-likeness (QED) is 0.746. The highest BCUT2D eigenvalue weighted by Gasteiger charge is 2.14. The van der Waals surface area contributed by atoms with E-state index < -0.39 is 0 Å². The SMILES string of the molecule is Cc1c(C(=O)NCc2ccc(-c3nnco3)cc2)cnn1CC(C)C. The molecule has 0 saturated heterocycles. The van der Waals surface area contributed by atoms with Crippen LogP contribution in [0.15, 0.2) is 41.3 Å². The lowest BCUT2D eigenvalue weighted by atomic mass is 10.1. The second kappa shape index (κ2) is 7.29. The first-order valence-corrected chi connectivity index (χ1v) is 8.20. The van der Waals surface area contributed by atoms with Crippen molar-refractivity contribution in [2.24, 2.45) is 5.92 Å². The number of hydrogen-bond acceptors (Lipinski definition) is 5. The maximum absolute atomic E-state index is 12.4. The molecule has 0 fully saturated rings. The van der Waals surface area contributed by atoms with E-state index in [1.165, 1.54) is 6.39 Å². The summed E-state index contributed by atoms with van der Waals surface area (Å²) in [6, 6.07) is 7.63. The van der Waals surface area contributed by atoms with Crippen molar-refractivity contribution in [1.82, 2.24) is 25.3 Å². The normalized spacial score (nSPS) is 11.0. The van der Waals surface area contributed by atoms with Crippen LogP contribution in [0.2, 0.25) is 0 Å². The lowest BCUT2D eigenvalue weighted by molar-refractivity contribution is 0.0950. The van der Waals surface area contributed by atoms with Crippen LogP contribution in [0.5, 0.6) is 0 Å². The summed E-state index contributed by atoms with van der Waals surface area (Å²) in [6.07, 6.45) is 2.93. The van der Waals surface area contributed by atoms with E-state index in [0.29, 0.717) is 23.9 Å². The molecule has 0 bridgehead atoms. The van der Waals surface area contributed by atoms with Gasteiger partial charge in [0.25, 0.3) is 5.91 Å². The van der Waals surface area contributed by atoms with Gasteiger partial charge in [0.05, 0.1) is 11.8 Å². The third-order valence-corrected chi connectivity index (χ3v) is 3.90. The van der Waals surface area contributed by atoms with Gasteiger partial charge in [0.2, 0.25) is 12.3 Å². The Hall–Kier alpha value is -2.96. The van der Waals surface area contributed by atoms with Gasteiger partial charge in [-0.15, -0.1) is 10.2 Å². The van der Waals surface area contributed by atoms with E-state index >= 15 is 0 Å². The van der Waals surface area contributed by atoms with Gasteiger partial charge in [0.1, 0.15) is 0 Å². The van der Waals surface area contributed by atoms with Gasteiger partial charge >= 0.3 is 0 Å². The fraction of sp³-hybridized carbons (Fsp3) is 0.333. The van der Waals surface area contributed by atoms with E-state index in [1.807, 2.05) is 35.9 Å². The number of carbonyl (C=O) groups is 1. The summed E-state index contributed by atoms with van der Waals surface area (Å²) >= 11 is 0. The van der Waals surface area contributed by atoms with Crippen LogP contribution < -0.4 is 5.32 Å². The molecule has 0 spiro atoms. The number of nitrogens with one attached hydrogen (secondary N) is 1. The number of rotatable bonds is 6. The van der Waals surface area contributed by atoms with Crippen molar-refractivity contribution in [3.8, 4) is 11.5 Å². The Labute approximate surface area is 146 Å². The standard InChI is InChI=1S/C18H21N5O2/c1-12(2)10-23-13(3)16(9-21-23)17(24)19-8-14-4-6-15(7-5-14)18-22-20-11-25-18/h4-7,9,11-12H,8,10H2,1-3H3,(H,19,24). The third-order valence-electron chi connectivity index (χ3n) is 3.90. The summed E-state index contributed by atoms with van der Waals surface area (Å²) in [5.74, 6) is 0.837. The topological polar surface area (TPSA) is 85.8 Å². The molecule has 0 unspecified atom stereocenters. The number of benzene rings is 1. The summed E-state index contributed by atoms with van der Waals surface area (Å²) in [4.78, 5) is 12.4. The number of nitrogens with zero attached hydrogens (tertiary/aromatic N) is 4. The average Bonchev–Trinajstić information content (AvgIpc) is 3.24. The van der Waals surface area contributed by atoms with Gasteiger partial charge in [-0.05, 0) is 30.5 Å². The molecule has 2 heterocycles. The highest BCUT2D eigenvalue weighted by molar-refractivity contribution is 5.95. The van der Waals surface area contributed by atoms with Crippen LogP contribution in [0.1, 0.15) is 35.5 Å². The minimum absolute atomic E-state index is 0.117. The molecule has 0 aliphatic rings. The second-order valence-electron chi connectivity index (χ2n) is 6.34. The molecule has 0 aliphatic heterocycles. The summed E-state index contributed by atoms with van der Waals surface area (Å²) in [7, 11) is 0. The first kappa shape index (κ1) is 16.9. The Kier molecular flexibility index (Phi) is 4.92. The molecule has 7 nitrogen and oxygen atoms in total. The predicted octanol–water partition coefficient (Wildman–Crippen LogP) is 2.83. The lowest BCUT2D eigenvalue weighted by Crippen LogP contribution is -2.23. The molecule has 1 N–H and O–H groups in total. The minimum atomic E-state index is -0.117. The predicted molar refractivity (Wildman–Crippen MR) is 92.7 cm³/mol. The van der Waals surface area contributed by atoms with Crippen molar-refractivity contribution >= 4 is 5.91 Å². The van der Waals surface area contributed by atoms with Crippen molar-refractivity contribution in [1.29, 1.82) is 0 Å². The Balaban J connectivity index is 1.62. The van der Waals surface area contributed by atoms with Gasteiger partial charge in [0.15, 0.2) is 0 Å². The minimum Gasteiger partial charge on any atom is -0.423 e. The molecule has 1 amide bonds. The monoisotopic (exact) mass is 339 g/mol. The molecule has 2 aromatic heterocycles. The number of hydrogen-bond donors (Lipinski definition) is 1. The molecule has 3 rings (SSSR count). The molecular formula is C18H21N5O2. The van der Waals surface area contributed by atoms with Crippen molar-refractivity contribution in [2.45, 2.75) is 33.9 Å². The van der Waals surface area contributed by atoms with E-state index in [1.54, 1.807) is 6.20 Å². The zero-order valence-corrected chi connectivity index (χ0v) is 14.6. The molecule has 130 valence electrons. The third kappa shape index (κ3) is 3.93. The van der Waals surface area contributed by atoms with Crippen LogP contribution in [-0.4, -0.2) is 25.9 Å². The molecule has 0 aliphatic carbocycles. The number of aromatic nitrogens is 4. The Morgan fingerprint density at radius 2 is 2.04 bits per heavy atom. The Bertz CT molecular complexity index is 835. The molecule has 1 aromatic carbocycles. The smallest absolute Gasteiger partial charge is 0.255 e. The summed E-state index contributed by atoms with van der Waals surface area (Å²) in [6.45, 7) is 7.41. The number of amides is 1. The van der Waals surface area contributed by atoms with Crippen molar-refractivity contribution in [2.75, 3.05) is 0 Å². The molecule has 0 atom stereocenters.